The van der Waals surface area contributed by atoms with Gasteiger partial charge in [0.15, 0.2) is 0 Å². The summed E-state index contributed by atoms with van der Waals surface area (Å²) in [7, 11) is 0.370. The van der Waals surface area contributed by atoms with E-state index in [1.165, 1.54) is 19.1 Å². The number of carbonyl (C=O) groups is 1. The first-order valence-corrected chi connectivity index (χ1v) is 5.33. The highest BCUT2D eigenvalue weighted by Crippen LogP contribution is 2.29. The lowest BCUT2D eigenvalue weighted by Crippen LogP contribution is -2.47. The number of hydrogen-bond donors (Lipinski definition) is 3. The second-order valence-electron chi connectivity index (χ2n) is 4.28. The number of aliphatic carboxylic acids is 1. The van der Waals surface area contributed by atoms with E-state index >= 15 is 0 Å². The number of rotatable bonds is 6. The largest absolute Gasteiger partial charge is 0.569 e. The van der Waals surface area contributed by atoms with Gasteiger partial charge >= 0.3 is 13.7 Å². The van der Waals surface area contributed by atoms with Crippen LogP contribution in [0.25, 0.3) is 0 Å². The highest BCUT2D eigenvalue weighted by atomic mass is 19.3. The number of nitrogens with two attached hydrogens (primary N) is 1. The number of halogens is 2. The van der Waals surface area contributed by atoms with Gasteiger partial charge in [-0.15, -0.1) is 0 Å². The number of benzene rings is 1. The third kappa shape index (κ3) is 3.90. The van der Waals surface area contributed by atoms with Crippen molar-refractivity contribution in [2.24, 2.45) is 5.73 Å². The second-order valence-corrected chi connectivity index (χ2v) is 4.28. The van der Waals surface area contributed by atoms with Crippen molar-refractivity contribution in [2.75, 3.05) is 0 Å². The van der Waals surface area contributed by atoms with Gasteiger partial charge in [-0.25, -0.2) is 8.78 Å². The van der Waals surface area contributed by atoms with E-state index in [0.717, 1.165) is 6.07 Å². The molecule has 0 spiro atoms. The summed E-state index contributed by atoms with van der Waals surface area (Å²) in [6.45, 7) is 1.25. The lowest BCUT2D eigenvalue weighted by Gasteiger charge is -2.21. The summed E-state index contributed by atoms with van der Waals surface area (Å²) in [4.78, 5) is 10.9. The van der Waals surface area contributed by atoms with E-state index in [0.29, 0.717) is 7.69 Å². The van der Waals surface area contributed by atoms with E-state index in [2.05, 4.69) is 4.65 Å². The Balaban J connectivity index is 3.10. The molecule has 8 heteroatoms. The van der Waals surface area contributed by atoms with E-state index in [9.17, 15) is 13.6 Å². The van der Waals surface area contributed by atoms with Gasteiger partial charge in [0.1, 0.15) is 11.3 Å². The van der Waals surface area contributed by atoms with Gasteiger partial charge in [0, 0.05) is 12.0 Å². The van der Waals surface area contributed by atoms with Gasteiger partial charge in [0.05, 0.1) is 0 Å². The van der Waals surface area contributed by atoms with E-state index in [1.54, 1.807) is 0 Å². The van der Waals surface area contributed by atoms with Crippen LogP contribution in [-0.4, -0.2) is 29.3 Å². The molecule has 0 saturated heterocycles. The van der Waals surface area contributed by atoms with Gasteiger partial charge in [-0.05, 0) is 24.6 Å². The van der Waals surface area contributed by atoms with Gasteiger partial charge in [-0.1, -0.05) is 6.07 Å². The van der Waals surface area contributed by atoms with Crippen molar-refractivity contribution in [3.63, 3.8) is 0 Å². The molecule has 0 aliphatic carbocycles. The zero-order chi connectivity index (χ0) is 14.6. The van der Waals surface area contributed by atoms with Crippen LogP contribution in [0.1, 0.15) is 24.5 Å². The normalized spacial score (nSPS) is 14.0. The van der Waals surface area contributed by atoms with Crippen LogP contribution in [0.5, 0.6) is 5.75 Å². The average Bonchev–Trinajstić information content (AvgIpc) is 2.30. The van der Waals surface area contributed by atoms with Gasteiger partial charge in [0.25, 0.3) is 6.43 Å². The molecule has 0 bridgehead atoms. The Morgan fingerprint density at radius 2 is 2.21 bits per heavy atom. The first-order valence-electron chi connectivity index (χ1n) is 5.33. The number of carboxylic acids is 1. The predicted molar refractivity (Wildman–Crippen MR) is 63.9 cm³/mol. The minimum Gasteiger partial charge on any atom is -0.537 e. The van der Waals surface area contributed by atoms with Crippen molar-refractivity contribution in [3.8, 4) is 5.75 Å². The maximum Gasteiger partial charge on any atom is 0.569 e. The van der Waals surface area contributed by atoms with Crippen molar-refractivity contribution in [2.45, 2.75) is 25.3 Å². The Morgan fingerprint density at radius 1 is 1.58 bits per heavy atom. The number of alkyl halides is 2. The van der Waals surface area contributed by atoms with E-state index < -0.39 is 17.9 Å². The van der Waals surface area contributed by atoms with E-state index in [1.807, 2.05) is 0 Å². The first-order chi connectivity index (χ1) is 8.77. The van der Waals surface area contributed by atoms with Gasteiger partial charge in [0.2, 0.25) is 0 Å². The molecule has 0 fully saturated rings. The lowest BCUT2D eigenvalue weighted by atomic mass is 9.91. The fraction of sp³-hybridized carbons (Fsp3) is 0.364. The van der Waals surface area contributed by atoms with Gasteiger partial charge < -0.3 is 20.5 Å². The molecule has 1 atom stereocenters. The van der Waals surface area contributed by atoms with Crippen LogP contribution in [-0.2, 0) is 11.2 Å². The van der Waals surface area contributed by atoms with Crippen LogP contribution in [0.15, 0.2) is 18.2 Å². The Kier molecular flexibility index (Phi) is 4.85. The monoisotopic (exact) mass is 272 g/mol. The Labute approximate surface area is 109 Å². The molecule has 0 saturated carbocycles. The molecule has 0 amide bonds. The van der Waals surface area contributed by atoms with Gasteiger partial charge in [-0.3, -0.25) is 4.79 Å². The zero-order valence-corrected chi connectivity index (χ0v) is 10.1. The standard InChI is InChI=1S/C11H13BF2NO4/c1-11(15,10(16)17)5-6-2-3-7(19-12-18)4-8(6)9(13)14/h2-4,9,18H,5,15H2,1H3,(H,16,17)/t11-/m1/s1. The molecule has 1 aromatic carbocycles. The zero-order valence-electron chi connectivity index (χ0n) is 10.1. The molecule has 1 rings (SSSR count). The first kappa shape index (κ1) is 15.4. The van der Waals surface area contributed by atoms with Crippen LogP contribution in [0.4, 0.5) is 8.78 Å². The third-order valence-electron chi connectivity index (χ3n) is 2.59. The maximum atomic E-state index is 12.9. The second kappa shape index (κ2) is 5.98. The number of carboxylic acid groups (broad SMARTS) is 1. The minimum absolute atomic E-state index is 0.0237. The van der Waals surface area contributed by atoms with Crippen LogP contribution in [0.3, 0.4) is 0 Å². The molecule has 0 aliphatic heterocycles. The van der Waals surface area contributed by atoms with Gasteiger partial charge in [-0.2, -0.15) is 0 Å². The third-order valence-corrected chi connectivity index (χ3v) is 2.59. The van der Waals surface area contributed by atoms with Crippen LogP contribution in [0, 0.1) is 0 Å². The molecule has 1 radical (unpaired) electrons. The maximum absolute atomic E-state index is 12.9. The summed E-state index contributed by atoms with van der Waals surface area (Å²) in [6, 6.07) is 3.67. The molecular weight excluding hydrogens is 259 g/mol. The smallest absolute Gasteiger partial charge is 0.537 e. The fourth-order valence-electron chi connectivity index (χ4n) is 1.54. The quantitative estimate of drug-likeness (QED) is 0.668. The molecule has 103 valence electrons. The molecule has 19 heavy (non-hydrogen) atoms. The minimum atomic E-state index is -2.80. The fourth-order valence-corrected chi connectivity index (χ4v) is 1.54. The highest BCUT2D eigenvalue weighted by molar-refractivity contribution is 6.17. The predicted octanol–water partition coefficient (Wildman–Crippen LogP) is 0.874. The molecule has 0 aliphatic rings. The molecular formula is C11H13BF2NO4. The number of hydrogen-bond acceptors (Lipinski definition) is 4. The molecule has 0 aromatic heterocycles. The van der Waals surface area contributed by atoms with Crippen molar-refractivity contribution in [3.05, 3.63) is 29.3 Å². The molecule has 0 unspecified atom stereocenters. The van der Waals surface area contributed by atoms with Crippen LogP contribution in [0.2, 0.25) is 0 Å². The molecule has 4 N–H and O–H groups in total. The Morgan fingerprint density at radius 3 is 2.68 bits per heavy atom. The SMILES string of the molecule is C[C@@](N)(Cc1ccc(O[B]O)cc1C(F)F)C(=O)O. The Bertz CT molecular complexity index is 468. The topological polar surface area (TPSA) is 92.8 Å². The highest BCUT2D eigenvalue weighted by Gasteiger charge is 2.30. The van der Waals surface area contributed by atoms with Crippen molar-refractivity contribution in [1.29, 1.82) is 0 Å². The summed E-state index contributed by atoms with van der Waals surface area (Å²) in [5.74, 6) is -1.26. The summed E-state index contributed by atoms with van der Waals surface area (Å²) in [5, 5.41) is 17.3. The van der Waals surface area contributed by atoms with E-state index in [4.69, 9.17) is 15.9 Å². The van der Waals surface area contributed by atoms with Crippen molar-refractivity contribution >= 4 is 13.7 Å². The Hall–Kier alpha value is -1.67. The van der Waals surface area contributed by atoms with Crippen molar-refractivity contribution < 1.29 is 28.4 Å². The summed E-state index contributed by atoms with van der Waals surface area (Å²) >= 11 is 0. The van der Waals surface area contributed by atoms with E-state index in [-0.39, 0.29) is 23.3 Å². The molecule has 5 nitrogen and oxygen atoms in total. The van der Waals surface area contributed by atoms with Crippen LogP contribution < -0.4 is 10.4 Å². The summed E-state index contributed by atoms with van der Waals surface area (Å²) < 4.78 is 30.4. The average molecular weight is 272 g/mol. The summed E-state index contributed by atoms with van der Waals surface area (Å²) in [5.41, 5.74) is 3.63. The molecule has 1 aromatic rings. The molecule has 0 heterocycles. The van der Waals surface area contributed by atoms with Crippen LogP contribution >= 0.6 is 0 Å². The summed E-state index contributed by atoms with van der Waals surface area (Å²) in [6.07, 6.45) is -3.05. The van der Waals surface area contributed by atoms with Crippen molar-refractivity contribution in [1.82, 2.24) is 0 Å². The lowest BCUT2D eigenvalue weighted by molar-refractivity contribution is -0.142.